The lowest BCUT2D eigenvalue weighted by atomic mass is 9.49. The van der Waals surface area contributed by atoms with Crippen LogP contribution in [0.3, 0.4) is 0 Å². The highest BCUT2D eigenvalue weighted by molar-refractivity contribution is 5.13. The molecule has 3 aliphatic rings. The minimum atomic E-state index is 0.450. The third-order valence-corrected chi connectivity index (χ3v) is 4.75. The maximum absolute atomic E-state index is 2.52. The molecule has 2 bridgehead atoms. The van der Waals surface area contributed by atoms with Gasteiger partial charge in [0.15, 0.2) is 0 Å². The smallest absolute Gasteiger partial charge is 0.0197 e. The quantitative estimate of drug-likeness (QED) is 0.509. The molecule has 16 heavy (non-hydrogen) atoms. The van der Waals surface area contributed by atoms with E-state index in [4.69, 9.17) is 0 Å². The van der Waals surface area contributed by atoms with Crippen molar-refractivity contribution in [1.29, 1.82) is 0 Å². The fourth-order valence-electron chi connectivity index (χ4n) is 4.36. The number of allylic oxidation sites excluding steroid dienone is 2. The molecule has 92 valence electrons. The van der Waals surface area contributed by atoms with E-state index in [1.54, 1.807) is 0 Å². The van der Waals surface area contributed by atoms with Crippen molar-refractivity contribution < 1.29 is 0 Å². The molecule has 0 aromatic rings. The Labute approximate surface area is 102 Å². The molecule has 1 saturated carbocycles. The molecule has 0 aromatic carbocycles. The van der Waals surface area contributed by atoms with Gasteiger partial charge in [0.25, 0.3) is 0 Å². The van der Waals surface area contributed by atoms with Crippen LogP contribution in [0.25, 0.3) is 0 Å². The Balaban J connectivity index is 2.37. The molecule has 0 amide bonds. The maximum Gasteiger partial charge on any atom is -0.0197 e. The van der Waals surface area contributed by atoms with Gasteiger partial charge in [-0.2, -0.15) is 0 Å². The highest BCUT2D eigenvalue weighted by Gasteiger charge is 2.49. The largest absolute Gasteiger partial charge is 0.0848 e. The molecule has 0 heterocycles. The summed E-state index contributed by atoms with van der Waals surface area (Å²) >= 11 is 0. The van der Waals surface area contributed by atoms with Crippen LogP contribution in [-0.2, 0) is 0 Å². The Morgan fingerprint density at radius 3 is 1.19 bits per heavy atom. The highest BCUT2D eigenvalue weighted by atomic mass is 14.5. The standard InChI is InChI=1S/C16H28/c1-15(2,3)13-11-7-9-12(10-8-11)14(13)16(4,5)6/h7,9,11-14H,8,10H2,1-6H3/t11-,12+,13-,14-/m1/s1. The Hall–Kier alpha value is -0.260. The molecule has 0 heteroatoms. The molecule has 3 aliphatic carbocycles. The lowest BCUT2D eigenvalue weighted by Gasteiger charge is -2.55. The maximum atomic E-state index is 2.52. The molecule has 0 aliphatic heterocycles. The van der Waals surface area contributed by atoms with Gasteiger partial charge >= 0.3 is 0 Å². The van der Waals surface area contributed by atoms with E-state index in [0.29, 0.717) is 10.8 Å². The number of hydrogen-bond acceptors (Lipinski definition) is 0. The van der Waals surface area contributed by atoms with E-state index in [1.807, 2.05) is 0 Å². The zero-order valence-electron chi connectivity index (χ0n) is 11.9. The molecule has 0 unspecified atom stereocenters. The summed E-state index contributed by atoms with van der Waals surface area (Å²) in [6.07, 6.45) is 7.89. The van der Waals surface area contributed by atoms with Gasteiger partial charge in [-0.15, -0.1) is 0 Å². The Bertz CT molecular complexity index is 254. The first-order chi connectivity index (χ1) is 7.21. The van der Waals surface area contributed by atoms with Crippen LogP contribution in [0.2, 0.25) is 0 Å². The SMILES string of the molecule is CC(C)(C)[C@H]1[C@H](C(C)(C)C)[C@H]2C=C[C@@H]1CC2. The Kier molecular flexibility index (Phi) is 2.76. The zero-order chi connectivity index (χ0) is 12.1. The molecule has 0 N–H and O–H groups in total. The summed E-state index contributed by atoms with van der Waals surface area (Å²) in [5.41, 5.74) is 0.901. The van der Waals surface area contributed by atoms with Crippen LogP contribution in [0, 0.1) is 34.5 Å². The van der Waals surface area contributed by atoms with E-state index in [0.717, 1.165) is 23.7 Å². The van der Waals surface area contributed by atoms with Crippen LogP contribution in [0.5, 0.6) is 0 Å². The second kappa shape index (κ2) is 3.62. The van der Waals surface area contributed by atoms with Crippen molar-refractivity contribution in [2.24, 2.45) is 34.5 Å². The summed E-state index contributed by atoms with van der Waals surface area (Å²) in [5.74, 6) is 3.43. The summed E-state index contributed by atoms with van der Waals surface area (Å²) in [4.78, 5) is 0. The van der Waals surface area contributed by atoms with Crippen LogP contribution >= 0.6 is 0 Å². The number of hydrogen-bond donors (Lipinski definition) is 0. The van der Waals surface area contributed by atoms with Crippen LogP contribution in [0.1, 0.15) is 54.4 Å². The van der Waals surface area contributed by atoms with Crippen LogP contribution < -0.4 is 0 Å². The lowest BCUT2D eigenvalue weighted by Crippen LogP contribution is -2.48. The minimum absolute atomic E-state index is 0.450. The fraction of sp³-hybridized carbons (Fsp3) is 0.875. The van der Waals surface area contributed by atoms with Gasteiger partial charge in [0.2, 0.25) is 0 Å². The van der Waals surface area contributed by atoms with Crippen LogP contribution in [0.4, 0.5) is 0 Å². The Morgan fingerprint density at radius 2 is 1.00 bits per heavy atom. The number of rotatable bonds is 0. The normalized spacial score (nSPS) is 39.1. The zero-order valence-corrected chi connectivity index (χ0v) is 11.9. The summed E-state index contributed by atoms with van der Waals surface area (Å²) in [6.45, 7) is 14.6. The summed E-state index contributed by atoms with van der Waals surface area (Å²) in [7, 11) is 0. The van der Waals surface area contributed by atoms with Crippen molar-refractivity contribution >= 4 is 0 Å². The monoisotopic (exact) mass is 220 g/mol. The summed E-state index contributed by atoms with van der Waals surface area (Å²) < 4.78 is 0. The van der Waals surface area contributed by atoms with E-state index in [-0.39, 0.29) is 0 Å². The lowest BCUT2D eigenvalue weighted by molar-refractivity contribution is -0.0304. The van der Waals surface area contributed by atoms with E-state index in [1.165, 1.54) is 12.8 Å². The second-order valence-corrected chi connectivity index (χ2v) is 8.07. The van der Waals surface area contributed by atoms with Crippen LogP contribution in [-0.4, -0.2) is 0 Å². The van der Waals surface area contributed by atoms with Gasteiger partial charge in [-0.3, -0.25) is 0 Å². The molecule has 0 nitrogen and oxygen atoms in total. The van der Waals surface area contributed by atoms with Crippen molar-refractivity contribution in [3.63, 3.8) is 0 Å². The molecule has 4 atom stereocenters. The third-order valence-electron chi connectivity index (χ3n) is 4.75. The van der Waals surface area contributed by atoms with Gasteiger partial charge in [0, 0.05) is 0 Å². The molecular formula is C16H28. The molecule has 0 radical (unpaired) electrons. The molecule has 0 aromatic heterocycles. The number of fused-ring (bicyclic) bond motifs is 2. The van der Waals surface area contributed by atoms with Crippen molar-refractivity contribution in [3.05, 3.63) is 12.2 Å². The first-order valence-electron chi connectivity index (χ1n) is 6.89. The van der Waals surface area contributed by atoms with Crippen molar-refractivity contribution in [3.8, 4) is 0 Å². The fourth-order valence-corrected chi connectivity index (χ4v) is 4.36. The van der Waals surface area contributed by atoms with Crippen molar-refractivity contribution in [2.45, 2.75) is 54.4 Å². The predicted octanol–water partition coefficient (Wildman–Crippen LogP) is 4.91. The highest BCUT2D eigenvalue weighted by Crippen LogP contribution is 2.57. The average Bonchev–Trinajstić information content (AvgIpc) is 2.15. The summed E-state index contributed by atoms with van der Waals surface area (Å²) in [6, 6.07) is 0. The average molecular weight is 220 g/mol. The minimum Gasteiger partial charge on any atom is -0.0848 e. The van der Waals surface area contributed by atoms with Gasteiger partial charge in [-0.05, 0) is 47.3 Å². The van der Waals surface area contributed by atoms with E-state index in [2.05, 4.69) is 53.7 Å². The van der Waals surface area contributed by atoms with Gasteiger partial charge < -0.3 is 0 Å². The third kappa shape index (κ3) is 1.96. The van der Waals surface area contributed by atoms with Crippen molar-refractivity contribution in [1.82, 2.24) is 0 Å². The second-order valence-electron chi connectivity index (χ2n) is 8.07. The summed E-state index contributed by atoms with van der Waals surface area (Å²) in [5, 5.41) is 0. The van der Waals surface area contributed by atoms with Gasteiger partial charge in [-0.25, -0.2) is 0 Å². The topological polar surface area (TPSA) is 0 Å². The van der Waals surface area contributed by atoms with E-state index < -0.39 is 0 Å². The van der Waals surface area contributed by atoms with Gasteiger partial charge in [-0.1, -0.05) is 53.7 Å². The predicted molar refractivity (Wildman–Crippen MR) is 71.2 cm³/mol. The van der Waals surface area contributed by atoms with Gasteiger partial charge in [0.1, 0.15) is 0 Å². The van der Waals surface area contributed by atoms with Gasteiger partial charge in [0.05, 0.1) is 0 Å². The first kappa shape index (κ1) is 12.2. The molecule has 0 spiro atoms. The Morgan fingerprint density at radius 1 is 0.688 bits per heavy atom. The molecular weight excluding hydrogens is 192 g/mol. The van der Waals surface area contributed by atoms with Crippen LogP contribution in [0.15, 0.2) is 12.2 Å². The molecule has 0 saturated heterocycles. The van der Waals surface area contributed by atoms with E-state index >= 15 is 0 Å². The van der Waals surface area contributed by atoms with Crippen molar-refractivity contribution in [2.75, 3.05) is 0 Å². The first-order valence-corrected chi connectivity index (χ1v) is 6.89. The van der Waals surface area contributed by atoms with E-state index in [9.17, 15) is 0 Å². The molecule has 3 rings (SSSR count). The molecule has 1 fully saturated rings.